The maximum atomic E-state index is 6.24. The van der Waals surface area contributed by atoms with E-state index in [1.54, 1.807) is 0 Å². The first-order valence-electron chi connectivity index (χ1n) is 8.51. The fourth-order valence-electron chi connectivity index (χ4n) is 4.04. The van der Waals surface area contributed by atoms with Crippen LogP contribution in [-0.4, -0.2) is 24.0 Å². The first-order chi connectivity index (χ1) is 10.1. The second-order valence-electron chi connectivity index (χ2n) is 7.36. The molecule has 0 radical (unpaired) electrons. The van der Waals surface area contributed by atoms with E-state index in [0.717, 1.165) is 24.9 Å². The van der Waals surface area contributed by atoms with Crippen molar-refractivity contribution in [2.24, 2.45) is 17.6 Å². The molecule has 0 amide bonds. The Kier molecular flexibility index (Phi) is 5.83. The lowest BCUT2D eigenvalue weighted by atomic mass is 9.72. The molecule has 0 bridgehead atoms. The van der Waals surface area contributed by atoms with Crippen molar-refractivity contribution in [3.8, 4) is 0 Å². The molecular formula is C19H32N2. The Balaban J connectivity index is 2.05. The van der Waals surface area contributed by atoms with E-state index in [-0.39, 0.29) is 5.54 Å². The average molecular weight is 288 g/mol. The monoisotopic (exact) mass is 288 g/mol. The van der Waals surface area contributed by atoms with E-state index in [1.165, 1.54) is 37.7 Å². The minimum absolute atomic E-state index is 0.202. The molecule has 2 nitrogen and oxygen atoms in total. The molecule has 0 aromatic heterocycles. The smallest absolute Gasteiger partial charge is 0.0334 e. The van der Waals surface area contributed by atoms with Crippen molar-refractivity contribution in [1.29, 1.82) is 0 Å². The second-order valence-corrected chi connectivity index (χ2v) is 7.36. The van der Waals surface area contributed by atoms with Crippen molar-refractivity contribution in [3.05, 3.63) is 35.9 Å². The van der Waals surface area contributed by atoms with Gasteiger partial charge in [-0.05, 0) is 43.7 Å². The van der Waals surface area contributed by atoms with Gasteiger partial charge in [-0.15, -0.1) is 0 Å². The lowest BCUT2D eigenvalue weighted by Gasteiger charge is -2.47. The van der Waals surface area contributed by atoms with Gasteiger partial charge in [-0.25, -0.2) is 0 Å². The third-order valence-corrected chi connectivity index (χ3v) is 5.18. The fraction of sp³-hybridized carbons (Fsp3) is 0.684. The van der Waals surface area contributed by atoms with E-state index < -0.39 is 0 Å². The highest BCUT2D eigenvalue weighted by atomic mass is 15.2. The summed E-state index contributed by atoms with van der Waals surface area (Å²) >= 11 is 0. The maximum absolute atomic E-state index is 6.24. The minimum Gasteiger partial charge on any atom is -0.329 e. The third kappa shape index (κ3) is 4.31. The van der Waals surface area contributed by atoms with Crippen LogP contribution in [0.25, 0.3) is 0 Å². The van der Waals surface area contributed by atoms with E-state index in [2.05, 4.69) is 56.1 Å². The standard InChI is InChI=1S/C19H32N2/c1-16(2)12-18-10-7-11-19(13-18,15-20)21(3)14-17-8-5-4-6-9-17/h4-6,8-9,16,18H,7,10-15,20H2,1-3H3. The van der Waals surface area contributed by atoms with Gasteiger partial charge in [0.25, 0.3) is 0 Å². The molecule has 2 rings (SSSR count). The normalized spacial score (nSPS) is 26.5. The molecule has 2 heteroatoms. The number of nitrogens with zero attached hydrogens (tertiary/aromatic N) is 1. The van der Waals surface area contributed by atoms with Gasteiger partial charge in [0.15, 0.2) is 0 Å². The fourth-order valence-corrected chi connectivity index (χ4v) is 4.04. The molecular weight excluding hydrogens is 256 g/mol. The summed E-state index contributed by atoms with van der Waals surface area (Å²) in [6.07, 6.45) is 6.58. The zero-order valence-corrected chi connectivity index (χ0v) is 14.0. The molecule has 118 valence electrons. The SMILES string of the molecule is CC(C)CC1CCCC(CN)(N(C)Cc2ccccc2)C1. The van der Waals surface area contributed by atoms with Crippen molar-refractivity contribution in [2.45, 2.75) is 58.0 Å². The van der Waals surface area contributed by atoms with E-state index in [1.807, 2.05) is 0 Å². The van der Waals surface area contributed by atoms with Crippen LogP contribution < -0.4 is 5.73 Å². The molecule has 1 aromatic carbocycles. The number of likely N-dealkylation sites (N-methyl/N-ethyl adjacent to an activating group) is 1. The predicted octanol–water partition coefficient (Wildman–Crippen LogP) is 4.05. The predicted molar refractivity (Wildman–Crippen MR) is 91.1 cm³/mol. The van der Waals surface area contributed by atoms with Crippen molar-refractivity contribution < 1.29 is 0 Å². The van der Waals surface area contributed by atoms with Gasteiger partial charge in [0, 0.05) is 18.6 Å². The molecule has 0 heterocycles. The van der Waals surface area contributed by atoms with Crippen LogP contribution in [0.5, 0.6) is 0 Å². The topological polar surface area (TPSA) is 29.3 Å². The molecule has 1 aliphatic rings. The Hall–Kier alpha value is -0.860. The first-order valence-corrected chi connectivity index (χ1v) is 8.51. The number of hydrogen-bond acceptors (Lipinski definition) is 2. The Morgan fingerprint density at radius 2 is 2.00 bits per heavy atom. The van der Waals surface area contributed by atoms with Gasteiger partial charge in [0.1, 0.15) is 0 Å². The molecule has 1 fully saturated rings. The quantitative estimate of drug-likeness (QED) is 0.855. The van der Waals surface area contributed by atoms with E-state index in [4.69, 9.17) is 5.73 Å². The Bertz CT molecular complexity index is 415. The lowest BCUT2D eigenvalue weighted by Crippen LogP contribution is -2.54. The van der Waals surface area contributed by atoms with Crippen LogP contribution in [0.15, 0.2) is 30.3 Å². The highest BCUT2D eigenvalue weighted by molar-refractivity contribution is 5.15. The van der Waals surface area contributed by atoms with Crippen molar-refractivity contribution in [2.75, 3.05) is 13.6 Å². The molecule has 1 saturated carbocycles. The first kappa shape index (κ1) is 16.5. The van der Waals surface area contributed by atoms with Crippen LogP contribution in [0.1, 0.15) is 51.5 Å². The number of benzene rings is 1. The Morgan fingerprint density at radius 1 is 1.29 bits per heavy atom. The second kappa shape index (κ2) is 7.42. The van der Waals surface area contributed by atoms with E-state index in [9.17, 15) is 0 Å². The summed E-state index contributed by atoms with van der Waals surface area (Å²) in [6, 6.07) is 10.8. The number of hydrogen-bond donors (Lipinski definition) is 1. The van der Waals surface area contributed by atoms with Crippen LogP contribution in [0.2, 0.25) is 0 Å². The largest absolute Gasteiger partial charge is 0.329 e. The van der Waals surface area contributed by atoms with Gasteiger partial charge in [0.2, 0.25) is 0 Å². The molecule has 1 aromatic rings. The van der Waals surface area contributed by atoms with Gasteiger partial charge in [0.05, 0.1) is 0 Å². The highest BCUT2D eigenvalue weighted by Crippen LogP contribution is 2.39. The van der Waals surface area contributed by atoms with Gasteiger partial charge in [-0.2, -0.15) is 0 Å². The zero-order valence-electron chi connectivity index (χ0n) is 14.0. The summed E-state index contributed by atoms with van der Waals surface area (Å²) in [6.45, 7) is 6.47. The van der Waals surface area contributed by atoms with Crippen LogP contribution in [0.4, 0.5) is 0 Å². The van der Waals surface area contributed by atoms with Crippen LogP contribution in [0.3, 0.4) is 0 Å². The van der Waals surface area contributed by atoms with Crippen LogP contribution >= 0.6 is 0 Å². The zero-order chi connectivity index (χ0) is 15.3. The van der Waals surface area contributed by atoms with Crippen molar-refractivity contribution in [1.82, 2.24) is 4.90 Å². The van der Waals surface area contributed by atoms with Gasteiger partial charge < -0.3 is 5.73 Å². The summed E-state index contributed by atoms with van der Waals surface area (Å²) in [5.74, 6) is 1.64. The van der Waals surface area contributed by atoms with Gasteiger partial charge >= 0.3 is 0 Å². The molecule has 0 aliphatic heterocycles. The molecule has 2 atom stereocenters. The summed E-state index contributed by atoms with van der Waals surface area (Å²) in [7, 11) is 2.26. The Morgan fingerprint density at radius 3 is 2.62 bits per heavy atom. The van der Waals surface area contributed by atoms with Crippen molar-refractivity contribution >= 4 is 0 Å². The summed E-state index contributed by atoms with van der Waals surface area (Å²) in [4.78, 5) is 2.52. The third-order valence-electron chi connectivity index (χ3n) is 5.18. The van der Waals surface area contributed by atoms with E-state index >= 15 is 0 Å². The molecule has 0 spiro atoms. The summed E-state index contributed by atoms with van der Waals surface area (Å²) < 4.78 is 0. The van der Waals surface area contributed by atoms with Crippen LogP contribution in [-0.2, 0) is 6.54 Å². The lowest BCUT2D eigenvalue weighted by molar-refractivity contribution is 0.0462. The maximum Gasteiger partial charge on any atom is 0.0334 e. The Labute approximate surface area is 130 Å². The molecule has 0 saturated heterocycles. The average Bonchev–Trinajstić information content (AvgIpc) is 2.47. The van der Waals surface area contributed by atoms with Gasteiger partial charge in [-0.1, -0.05) is 57.0 Å². The van der Waals surface area contributed by atoms with Crippen LogP contribution in [0, 0.1) is 11.8 Å². The summed E-state index contributed by atoms with van der Waals surface area (Å²) in [5.41, 5.74) is 7.83. The van der Waals surface area contributed by atoms with E-state index in [0.29, 0.717) is 0 Å². The molecule has 2 N–H and O–H groups in total. The van der Waals surface area contributed by atoms with Gasteiger partial charge in [-0.3, -0.25) is 4.90 Å². The molecule has 1 aliphatic carbocycles. The number of rotatable bonds is 6. The summed E-state index contributed by atoms with van der Waals surface area (Å²) in [5, 5.41) is 0. The molecule has 21 heavy (non-hydrogen) atoms. The number of nitrogens with two attached hydrogens (primary N) is 1. The minimum atomic E-state index is 0.202. The molecule has 2 unspecified atom stereocenters. The highest BCUT2D eigenvalue weighted by Gasteiger charge is 2.38. The van der Waals surface area contributed by atoms with Crippen molar-refractivity contribution in [3.63, 3.8) is 0 Å².